The summed E-state index contributed by atoms with van der Waals surface area (Å²) in [6.45, 7) is 1.99. The summed E-state index contributed by atoms with van der Waals surface area (Å²) in [6, 6.07) is 14.2. The molecule has 0 spiro atoms. The van der Waals surface area contributed by atoms with E-state index in [0.29, 0.717) is 5.56 Å². The van der Waals surface area contributed by atoms with Gasteiger partial charge in [-0.25, -0.2) is 0 Å². The predicted molar refractivity (Wildman–Crippen MR) is 93.7 cm³/mol. The zero-order valence-electron chi connectivity index (χ0n) is 13.1. The number of rotatable bonds is 5. The average molecular weight is 375 g/mol. The highest BCUT2D eigenvalue weighted by molar-refractivity contribution is 9.10. The monoisotopic (exact) mass is 374 g/mol. The molecule has 0 aliphatic carbocycles. The number of carbonyl (C=O) groups excluding carboxylic acids is 2. The van der Waals surface area contributed by atoms with Crippen LogP contribution in [-0.2, 0) is 16.0 Å². The Hall–Kier alpha value is -2.14. The quantitative estimate of drug-likeness (QED) is 0.873. The lowest BCUT2D eigenvalue weighted by atomic mass is 10.0. The van der Waals surface area contributed by atoms with Crippen LogP contribution in [-0.4, -0.2) is 23.8 Å². The molecule has 2 aromatic rings. The minimum Gasteiger partial charge on any atom is -0.368 e. The van der Waals surface area contributed by atoms with Gasteiger partial charge in [-0.15, -0.1) is 0 Å². The second-order valence-corrected chi connectivity index (χ2v) is 6.44. The van der Waals surface area contributed by atoms with E-state index in [4.69, 9.17) is 5.73 Å². The van der Waals surface area contributed by atoms with E-state index in [1.165, 1.54) is 4.90 Å². The third-order valence-corrected chi connectivity index (χ3v) is 4.18. The Labute approximate surface area is 144 Å². The van der Waals surface area contributed by atoms with Crippen LogP contribution in [0.1, 0.15) is 22.7 Å². The van der Waals surface area contributed by atoms with Crippen LogP contribution in [0.25, 0.3) is 0 Å². The van der Waals surface area contributed by atoms with Crippen LogP contribution in [0.15, 0.2) is 53.0 Å². The minimum absolute atomic E-state index is 0.155. The summed E-state index contributed by atoms with van der Waals surface area (Å²) in [5, 5.41) is 0. The fraction of sp³-hybridized carbons (Fsp3) is 0.222. The molecule has 0 heterocycles. The fourth-order valence-electron chi connectivity index (χ4n) is 2.40. The summed E-state index contributed by atoms with van der Waals surface area (Å²) in [4.78, 5) is 25.8. The molecule has 0 bridgehead atoms. The largest absolute Gasteiger partial charge is 0.368 e. The number of nitrogens with zero attached hydrogens (tertiary/aromatic N) is 1. The smallest absolute Gasteiger partial charge is 0.244 e. The van der Waals surface area contributed by atoms with E-state index < -0.39 is 11.9 Å². The Kier molecular flexibility index (Phi) is 5.55. The molecule has 0 radical (unpaired) electrons. The third-order valence-electron chi connectivity index (χ3n) is 3.69. The number of primary amides is 1. The molecule has 0 fully saturated rings. The van der Waals surface area contributed by atoms with Gasteiger partial charge in [0.2, 0.25) is 11.8 Å². The predicted octanol–water partition coefficient (Wildman–Crippen LogP) is 2.99. The van der Waals surface area contributed by atoms with Crippen molar-refractivity contribution >= 4 is 27.7 Å². The minimum atomic E-state index is -0.787. The van der Waals surface area contributed by atoms with Gasteiger partial charge in [0.15, 0.2) is 0 Å². The van der Waals surface area contributed by atoms with Gasteiger partial charge in [0.1, 0.15) is 6.04 Å². The standard InChI is InChI=1S/C18H19BrN2O2/c1-12-6-8-13(9-7-12)10-16(22)21(2)17(18(20)23)14-4-3-5-15(19)11-14/h3-9,11,17H,10H2,1-2H3,(H2,20,23)/t17-/m1/s1. The van der Waals surface area contributed by atoms with Crippen molar-refractivity contribution in [1.82, 2.24) is 4.90 Å². The van der Waals surface area contributed by atoms with Crippen LogP contribution in [0.4, 0.5) is 0 Å². The summed E-state index contributed by atoms with van der Waals surface area (Å²) >= 11 is 3.37. The molecule has 1 atom stereocenters. The molecule has 0 aliphatic heterocycles. The van der Waals surface area contributed by atoms with Crippen molar-refractivity contribution in [1.29, 1.82) is 0 Å². The van der Waals surface area contributed by atoms with Gasteiger partial charge < -0.3 is 10.6 Å². The van der Waals surface area contributed by atoms with Gasteiger partial charge in [-0.05, 0) is 30.2 Å². The van der Waals surface area contributed by atoms with Crippen molar-refractivity contribution in [3.05, 3.63) is 69.7 Å². The molecule has 2 rings (SSSR count). The fourth-order valence-corrected chi connectivity index (χ4v) is 2.82. The summed E-state index contributed by atoms with van der Waals surface area (Å²) in [5.41, 5.74) is 8.25. The van der Waals surface area contributed by atoms with E-state index in [9.17, 15) is 9.59 Å². The molecule has 2 amide bonds. The maximum Gasteiger partial charge on any atom is 0.244 e. The van der Waals surface area contributed by atoms with Crippen LogP contribution in [0.2, 0.25) is 0 Å². The van der Waals surface area contributed by atoms with E-state index in [1.807, 2.05) is 43.3 Å². The Balaban J connectivity index is 2.20. The Morgan fingerprint density at radius 2 is 1.83 bits per heavy atom. The highest BCUT2D eigenvalue weighted by Crippen LogP contribution is 2.23. The van der Waals surface area contributed by atoms with Crippen molar-refractivity contribution in [2.75, 3.05) is 7.05 Å². The number of likely N-dealkylation sites (N-methyl/N-ethyl adjacent to an activating group) is 1. The average Bonchev–Trinajstić information content (AvgIpc) is 2.49. The van der Waals surface area contributed by atoms with Crippen LogP contribution >= 0.6 is 15.9 Å². The molecule has 23 heavy (non-hydrogen) atoms. The zero-order chi connectivity index (χ0) is 17.0. The van der Waals surface area contributed by atoms with Crippen LogP contribution in [0.5, 0.6) is 0 Å². The van der Waals surface area contributed by atoms with Gasteiger partial charge >= 0.3 is 0 Å². The Morgan fingerprint density at radius 3 is 2.39 bits per heavy atom. The molecule has 120 valence electrons. The molecule has 5 heteroatoms. The summed E-state index contributed by atoms with van der Waals surface area (Å²) in [6.07, 6.45) is 0.231. The number of carbonyl (C=O) groups is 2. The second-order valence-electron chi connectivity index (χ2n) is 5.53. The molecule has 0 unspecified atom stereocenters. The van der Waals surface area contributed by atoms with Gasteiger partial charge in [0, 0.05) is 11.5 Å². The number of aryl methyl sites for hydroxylation is 1. The first-order chi connectivity index (χ1) is 10.9. The molecule has 0 saturated heterocycles. The highest BCUT2D eigenvalue weighted by atomic mass is 79.9. The van der Waals surface area contributed by atoms with Crippen molar-refractivity contribution in [2.45, 2.75) is 19.4 Å². The number of hydrogen-bond acceptors (Lipinski definition) is 2. The van der Waals surface area contributed by atoms with E-state index in [1.54, 1.807) is 19.2 Å². The number of benzene rings is 2. The number of halogens is 1. The Morgan fingerprint density at radius 1 is 1.17 bits per heavy atom. The van der Waals surface area contributed by atoms with Crippen molar-refractivity contribution in [3.63, 3.8) is 0 Å². The molecular weight excluding hydrogens is 356 g/mol. The highest BCUT2D eigenvalue weighted by Gasteiger charge is 2.26. The molecule has 4 nitrogen and oxygen atoms in total. The zero-order valence-corrected chi connectivity index (χ0v) is 14.7. The van der Waals surface area contributed by atoms with Gasteiger partial charge in [-0.1, -0.05) is 57.9 Å². The summed E-state index contributed by atoms with van der Waals surface area (Å²) < 4.78 is 0.834. The SMILES string of the molecule is Cc1ccc(CC(=O)N(C)[C@@H](C(N)=O)c2cccc(Br)c2)cc1. The maximum absolute atomic E-state index is 12.5. The molecular formula is C18H19BrN2O2. The molecule has 0 aromatic heterocycles. The van der Waals surface area contributed by atoms with E-state index >= 15 is 0 Å². The summed E-state index contributed by atoms with van der Waals surface area (Å²) in [5.74, 6) is -0.708. The lowest BCUT2D eigenvalue weighted by molar-refractivity contribution is -0.137. The lowest BCUT2D eigenvalue weighted by Crippen LogP contribution is -2.39. The van der Waals surface area contributed by atoms with Gasteiger partial charge in [-0.2, -0.15) is 0 Å². The maximum atomic E-state index is 12.5. The molecule has 2 N–H and O–H groups in total. The van der Waals surface area contributed by atoms with E-state index in [2.05, 4.69) is 15.9 Å². The van der Waals surface area contributed by atoms with E-state index in [0.717, 1.165) is 15.6 Å². The normalized spacial score (nSPS) is 11.8. The first-order valence-corrected chi connectivity index (χ1v) is 8.04. The van der Waals surface area contributed by atoms with Gasteiger partial charge in [0.05, 0.1) is 6.42 Å². The third kappa shape index (κ3) is 4.42. The Bertz CT molecular complexity index is 713. The van der Waals surface area contributed by atoms with E-state index in [-0.39, 0.29) is 12.3 Å². The number of hydrogen-bond donors (Lipinski definition) is 1. The van der Waals surface area contributed by atoms with Gasteiger partial charge in [0.25, 0.3) is 0 Å². The first-order valence-electron chi connectivity index (χ1n) is 7.24. The van der Waals surface area contributed by atoms with Crippen molar-refractivity contribution in [3.8, 4) is 0 Å². The first kappa shape index (κ1) is 17.2. The second kappa shape index (κ2) is 7.42. The van der Waals surface area contributed by atoms with Crippen molar-refractivity contribution < 1.29 is 9.59 Å². The number of nitrogens with two attached hydrogens (primary N) is 1. The van der Waals surface area contributed by atoms with Crippen LogP contribution in [0.3, 0.4) is 0 Å². The lowest BCUT2D eigenvalue weighted by Gasteiger charge is -2.26. The molecule has 0 aliphatic rings. The molecule has 2 aromatic carbocycles. The van der Waals surface area contributed by atoms with Crippen molar-refractivity contribution in [2.24, 2.45) is 5.73 Å². The topological polar surface area (TPSA) is 63.4 Å². The molecule has 0 saturated carbocycles. The summed E-state index contributed by atoms with van der Waals surface area (Å²) in [7, 11) is 1.60. The van der Waals surface area contributed by atoms with Crippen LogP contribution in [0, 0.1) is 6.92 Å². The van der Waals surface area contributed by atoms with Crippen LogP contribution < -0.4 is 5.73 Å². The van der Waals surface area contributed by atoms with Gasteiger partial charge in [-0.3, -0.25) is 9.59 Å². The number of amides is 2.